The third-order valence-electron chi connectivity index (χ3n) is 4.31. The van der Waals surface area contributed by atoms with Gasteiger partial charge >= 0.3 is 0 Å². The van der Waals surface area contributed by atoms with Crippen LogP contribution in [0.5, 0.6) is 11.5 Å². The molecule has 1 atom stereocenters. The Labute approximate surface area is 145 Å². The first kappa shape index (κ1) is 18.4. The van der Waals surface area contributed by atoms with Crippen LogP contribution in [0, 0.1) is 0 Å². The number of hydrogen-bond donors (Lipinski definition) is 2. The second-order valence-electron chi connectivity index (χ2n) is 5.96. The first-order valence-corrected chi connectivity index (χ1v) is 8.77. The molecule has 0 saturated carbocycles. The van der Waals surface area contributed by atoms with Gasteiger partial charge in [-0.3, -0.25) is 9.89 Å². The number of likely N-dealkylation sites (tertiary alicyclic amines) is 1. The van der Waals surface area contributed by atoms with Crippen molar-refractivity contribution < 1.29 is 9.47 Å². The molecule has 0 aromatic heterocycles. The van der Waals surface area contributed by atoms with Crippen molar-refractivity contribution >= 4 is 5.96 Å². The first-order valence-electron chi connectivity index (χ1n) is 8.77. The van der Waals surface area contributed by atoms with E-state index in [0.717, 1.165) is 37.6 Å². The minimum absolute atomic E-state index is 0.527. The fraction of sp³-hybridized carbons (Fsp3) is 0.611. The van der Waals surface area contributed by atoms with Crippen LogP contribution in [-0.2, 0) is 0 Å². The standard InChI is InChI=1S/C18H30N4O2/c1-3-22-11-5-7-15(22)14-21-18(19)20-10-6-12-24-17-9-4-8-16(13-17)23-2/h4,8-9,13,15H,3,5-7,10-12,14H2,1-2H3,(H3,19,20,21). The monoisotopic (exact) mass is 334 g/mol. The van der Waals surface area contributed by atoms with Crippen molar-refractivity contribution in [2.75, 3.05) is 39.9 Å². The van der Waals surface area contributed by atoms with Gasteiger partial charge in [0.05, 0.1) is 20.3 Å². The summed E-state index contributed by atoms with van der Waals surface area (Å²) in [6, 6.07) is 8.17. The Morgan fingerprint density at radius 1 is 1.42 bits per heavy atom. The number of guanidine groups is 1. The van der Waals surface area contributed by atoms with Gasteiger partial charge in [0, 0.05) is 18.7 Å². The van der Waals surface area contributed by atoms with E-state index in [1.165, 1.54) is 19.4 Å². The summed E-state index contributed by atoms with van der Waals surface area (Å²) in [5.41, 5.74) is 5.93. The molecule has 1 aliphatic rings. The number of aliphatic imine (C=N–C) groups is 1. The van der Waals surface area contributed by atoms with Gasteiger partial charge in [-0.2, -0.15) is 0 Å². The van der Waals surface area contributed by atoms with Crippen LogP contribution in [0.4, 0.5) is 0 Å². The third kappa shape index (κ3) is 5.92. The molecule has 6 nitrogen and oxygen atoms in total. The van der Waals surface area contributed by atoms with E-state index in [1.807, 2.05) is 24.3 Å². The van der Waals surface area contributed by atoms with Crippen LogP contribution in [0.2, 0.25) is 0 Å². The molecule has 134 valence electrons. The molecule has 24 heavy (non-hydrogen) atoms. The summed E-state index contributed by atoms with van der Waals surface area (Å²) in [5.74, 6) is 2.14. The molecular weight excluding hydrogens is 304 g/mol. The van der Waals surface area contributed by atoms with Gasteiger partial charge in [-0.1, -0.05) is 13.0 Å². The maximum atomic E-state index is 5.93. The highest BCUT2D eigenvalue weighted by molar-refractivity contribution is 5.77. The Kier molecular flexibility index (Phi) is 7.68. The molecule has 1 aliphatic heterocycles. The van der Waals surface area contributed by atoms with E-state index in [9.17, 15) is 0 Å². The van der Waals surface area contributed by atoms with Crippen LogP contribution in [0.15, 0.2) is 29.3 Å². The molecule has 3 N–H and O–H groups in total. The lowest BCUT2D eigenvalue weighted by Gasteiger charge is -2.20. The quantitative estimate of drug-likeness (QED) is 0.410. The number of nitrogens with one attached hydrogen (secondary N) is 1. The number of likely N-dealkylation sites (N-methyl/N-ethyl adjacent to an activating group) is 1. The molecular formula is C18H30N4O2. The number of rotatable bonds is 9. The van der Waals surface area contributed by atoms with Crippen molar-refractivity contribution in [3.63, 3.8) is 0 Å². The molecule has 0 radical (unpaired) electrons. The molecule has 1 saturated heterocycles. The van der Waals surface area contributed by atoms with Gasteiger partial charge in [0.2, 0.25) is 0 Å². The molecule has 0 aliphatic carbocycles. The summed E-state index contributed by atoms with van der Waals surface area (Å²) in [6.45, 7) is 6.64. The van der Waals surface area contributed by atoms with Crippen LogP contribution in [0.1, 0.15) is 26.2 Å². The fourth-order valence-electron chi connectivity index (χ4n) is 2.95. The molecule has 0 spiro atoms. The van der Waals surface area contributed by atoms with E-state index in [1.54, 1.807) is 7.11 Å². The number of hydrogen-bond acceptors (Lipinski definition) is 4. The summed E-state index contributed by atoms with van der Waals surface area (Å²) >= 11 is 0. The Hall–Kier alpha value is -1.95. The fourth-order valence-corrected chi connectivity index (χ4v) is 2.95. The summed E-state index contributed by atoms with van der Waals surface area (Å²) < 4.78 is 10.9. The van der Waals surface area contributed by atoms with Crippen molar-refractivity contribution in [1.29, 1.82) is 0 Å². The van der Waals surface area contributed by atoms with Gasteiger partial charge in [-0.15, -0.1) is 0 Å². The van der Waals surface area contributed by atoms with Gasteiger partial charge in [-0.25, -0.2) is 0 Å². The summed E-state index contributed by atoms with van der Waals surface area (Å²) in [4.78, 5) is 6.94. The average molecular weight is 334 g/mol. The SMILES string of the molecule is CCN1CCCC1CN=C(N)NCCCOc1cccc(OC)c1. The van der Waals surface area contributed by atoms with Gasteiger partial charge < -0.3 is 20.5 Å². The van der Waals surface area contributed by atoms with Crippen molar-refractivity contribution in [2.24, 2.45) is 10.7 Å². The van der Waals surface area contributed by atoms with E-state index < -0.39 is 0 Å². The Bertz CT molecular complexity index is 521. The van der Waals surface area contributed by atoms with Gasteiger partial charge in [0.15, 0.2) is 5.96 Å². The highest BCUT2D eigenvalue weighted by atomic mass is 16.5. The third-order valence-corrected chi connectivity index (χ3v) is 4.31. The van der Waals surface area contributed by atoms with Crippen LogP contribution in [0.25, 0.3) is 0 Å². The van der Waals surface area contributed by atoms with E-state index in [-0.39, 0.29) is 0 Å². The zero-order valence-corrected chi connectivity index (χ0v) is 14.8. The normalized spacial score (nSPS) is 18.6. The van der Waals surface area contributed by atoms with E-state index in [0.29, 0.717) is 18.6 Å². The Morgan fingerprint density at radius 2 is 2.25 bits per heavy atom. The highest BCUT2D eigenvalue weighted by Gasteiger charge is 2.22. The molecule has 1 aromatic rings. The van der Waals surface area contributed by atoms with Crippen molar-refractivity contribution in [3.05, 3.63) is 24.3 Å². The molecule has 1 unspecified atom stereocenters. The summed E-state index contributed by atoms with van der Waals surface area (Å²) in [6.07, 6.45) is 3.35. The van der Waals surface area contributed by atoms with Crippen molar-refractivity contribution in [2.45, 2.75) is 32.2 Å². The number of methoxy groups -OCH3 is 1. The lowest BCUT2D eigenvalue weighted by Crippen LogP contribution is -2.36. The molecule has 1 fully saturated rings. The zero-order valence-electron chi connectivity index (χ0n) is 14.8. The summed E-state index contributed by atoms with van der Waals surface area (Å²) in [5, 5.41) is 3.15. The maximum absolute atomic E-state index is 5.93. The number of nitrogens with zero attached hydrogens (tertiary/aromatic N) is 2. The lowest BCUT2D eigenvalue weighted by molar-refractivity contribution is 0.273. The predicted octanol–water partition coefficient (Wildman–Crippen LogP) is 1.85. The number of ether oxygens (including phenoxy) is 2. The predicted molar refractivity (Wildman–Crippen MR) is 97.9 cm³/mol. The minimum atomic E-state index is 0.527. The van der Waals surface area contributed by atoms with Crippen molar-refractivity contribution in [3.8, 4) is 11.5 Å². The van der Waals surface area contributed by atoms with Gasteiger partial charge in [0.1, 0.15) is 11.5 Å². The summed E-state index contributed by atoms with van der Waals surface area (Å²) in [7, 11) is 1.65. The number of benzene rings is 1. The van der Waals surface area contributed by atoms with E-state index in [2.05, 4.69) is 22.1 Å². The smallest absolute Gasteiger partial charge is 0.188 e. The molecule has 0 bridgehead atoms. The second-order valence-corrected chi connectivity index (χ2v) is 5.96. The molecule has 0 amide bonds. The Balaban J connectivity index is 1.60. The molecule has 2 rings (SSSR count). The van der Waals surface area contributed by atoms with E-state index >= 15 is 0 Å². The van der Waals surface area contributed by atoms with Gasteiger partial charge in [-0.05, 0) is 44.5 Å². The van der Waals surface area contributed by atoms with Crippen molar-refractivity contribution in [1.82, 2.24) is 10.2 Å². The molecule has 6 heteroatoms. The first-order chi connectivity index (χ1) is 11.7. The topological polar surface area (TPSA) is 72.1 Å². The second kappa shape index (κ2) is 10.0. The largest absolute Gasteiger partial charge is 0.497 e. The average Bonchev–Trinajstić information content (AvgIpc) is 3.07. The van der Waals surface area contributed by atoms with Crippen LogP contribution >= 0.6 is 0 Å². The van der Waals surface area contributed by atoms with Crippen LogP contribution in [0.3, 0.4) is 0 Å². The van der Waals surface area contributed by atoms with E-state index in [4.69, 9.17) is 15.2 Å². The maximum Gasteiger partial charge on any atom is 0.188 e. The minimum Gasteiger partial charge on any atom is -0.497 e. The van der Waals surface area contributed by atoms with Gasteiger partial charge in [0.25, 0.3) is 0 Å². The van der Waals surface area contributed by atoms with Crippen LogP contribution < -0.4 is 20.5 Å². The zero-order chi connectivity index (χ0) is 17.2. The Morgan fingerprint density at radius 3 is 3.04 bits per heavy atom. The molecule has 1 aromatic carbocycles. The highest BCUT2D eigenvalue weighted by Crippen LogP contribution is 2.19. The van der Waals surface area contributed by atoms with Crippen LogP contribution in [-0.4, -0.2) is 56.8 Å². The molecule has 1 heterocycles. The number of nitrogens with two attached hydrogens (primary N) is 1. The lowest BCUT2D eigenvalue weighted by atomic mass is 10.2.